The van der Waals surface area contributed by atoms with E-state index in [1.807, 2.05) is 0 Å². The molecule has 0 atom stereocenters. The first-order valence-corrected chi connectivity index (χ1v) is 16.9. The van der Waals surface area contributed by atoms with E-state index in [1.54, 1.807) is 0 Å². The summed E-state index contributed by atoms with van der Waals surface area (Å²) in [7, 11) is 0. The summed E-state index contributed by atoms with van der Waals surface area (Å²) in [5.41, 5.74) is 14.1. The number of aromatic nitrogens is 1. The normalized spacial score (nSPS) is 13.4. The van der Waals surface area contributed by atoms with Gasteiger partial charge >= 0.3 is 0 Å². The summed E-state index contributed by atoms with van der Waals surface area (Å²) in [6.07, 6.45) is 0. The Hall–Kier alpha value is -5.92. The molecule has 0 amide bonds. The van der Waals surface area contributed by atoms with Gasteiger partial charge in [-0.15, -0.1) is 0 Å². The van der Waals surface area contributed by atoms with Crippen molar-refractivity contribution in [1.82, 2.24) is 4.57 Å². The van der Waals surface area contributed by atoms with Crippen LogP contribution in [-0.2, 0) is 5.41 Å². The van der Waals surface area contributed by atoms with Crippen LogP contribution in [0.2, 0.25) is 0 Å². The van der Waals surface area contributed by atoms with Crippen molar-refractivity contribution in [1.29, 1.82) is 0 Å². The molecule has 1 aromatic heterocycles. The molecule has 0 aliphatic heterocycles. The topological polar surface area (TPSA) is 4.93 Å². The molecule has 0 spiro atoms. The smallest absolute Gasteiger partial charge is 0.0619 e. The van der Waals surface area contributed by atoms with Crippen LogP contribution < -0.4 is 0 Å². The molecule has 226 valence electrons. The highest BCUT2D eigenvalue weighted by Crippen LogP contribution is 2.51. The van der Waals surface area contributed by atoms with E-state index in [2.05, 4.69) is 182 Å². The van der Waals surface area contributed by atoms with Gasteiger partial charge in [0.1, 0.15) is 0 Å². The van der Waals surface area contributed by atoms with Gasteiger partial charge in [-0.1, -0.05) is 153 Å². The maximum Gasteiger partial charge on any atom is 0.0619 e. The lowest BCUT2D eigenvalue weighted by atomic mass is 9.81. The summed E-state index contributed by atoms with van der Waals surface area (Å²) in [5, 5.41) is 7.57. The van der Waals surface area contributed by atoms with Crippen LogP contribution >= 0.6 is 0 Å². The fourth-order valence-corrected chi connectivity index (χ4v) is 8.56. The van der Waals surface area contributed by atoms with Gasteiger partial charge in [-0.25, -0.2) is 0 Å². The molecule has 9 aromatic rings. The third kappa shape index (κ3) is 3.73. The van der Waals surface area contributed by atoms with Crippen LogP contribution in [0.3, 0.4) is 0 Å². The number of rotatable bonds is 3. The average Bonchev–Trinajstić information content (AvgIpc) is 3.59. The maximum absolute atomic E-state index is 2.50. The molecule has 0 N–H and O–H groups in total. The van der Waals surface area contributed by atoms with E-state index in [1.165, 1.54) is 93.5 Å². The Morgan fingerprint density at radius 2 is 0.938 bits per heavy atom. The largest absolute Gasteiger partial charge is 0.308 e. The Balaban J connectivity index is 1.36. The van der Waals surface area contributed by atoms with Gasteiger partial charge in [-0.3, -0.25) is 0 Å². The number of fused-ring (bicyclic) bond motifs is 8. The SMILES string of the molecule is CC1(C)c2ccccc2-c2cc(-c3c4ccccc4c(-n4c5ccccc5c5ccccc54)c4ccc(-c5ccccc5)cc34)ccc21. The van der Waals surface area contributed by atoms with Crippen molar-refractivity contribution >= 4 is 43.4 Å². The van der Waals surface area contributed by atoms with Crippen LogP contribution in [0, 0.1) is 0 Å². The predicted octanol–water partition coefficient (Wildman–Crippen LogP) is 12.7. The minimum atomic E-state index is -0.0323. The van der Waals surface area contributed by atoms with Gasteiger partial charge in [0, 0.05) is 27.0 Å². The van der Waals surface area contributed by atoms with Gasteiger partial charge in [0.25, 0.3) is 0 Å². The third-order valence-corrected chi connectivity index (χ3v) is 10.8. The molecule has 10 rings (SSSR count). The number of nitrogens with zero attached hydrogens (tertiary/aromatic N) is 1. The average molecular weight is 612 g/mol. The van der Waals surface area contributed by atoms with Gasteiger partial charge in [0.2, 0.25) is 0 Å². The second-order valence-electron chi connectivity index (χ2n) is 13.7. The molecular formula is C47H33N. The van der Waals surface area contributed by atoms with E-state index in [-0.39, 0.29) is 5.41 Å². The van der Waals surface area contributed by atoms with E-state index in [9.17, 15) is 0 Å². The van der Waals surface area contributed by atoms with Crippen molar-refractivity contribution in [3.63, 3.8) is 0 Å². The van der Waals surface area contributed by atoms with E-state index in [4.69, 9.17) is 0 Å². The number of benzene rings is 8. The molecule has 1 heteroatoms. The molecule has 48 heavy (non-hydrogen) atoms. The number of hydrogen-bond acceptors (Lipinski definition) is 0. The summed E-state index contributed by atoms with van der Waals surface area (Å²) >= 11 is 0. The summed E-state index contributed by atoms with van der Waals surface area (Å²) in [4.78, 5) is 0. The van der Waals surface area contributed by atoms with Crippen LogP contribution in [0.5, 0.6) is 0 Å². The lowest BCUT2D eigenvalue weighted by Gasteiger charge is -2.22. The van der Waals surface area contributed by atoms with Crippen LogP contribution in [0.4, 0.5) is 0 Å². The quantitative estimate of drug-likeness (QED) is 0.175. The number of hydrogen-bond donors (Lipinski definition) is 0. The highest BCUT2D eigenvalue weighted by molar-refractivity contribution is 6.21. The molecule has 1 aliphatic carbocycles. The molecule has 0 unspecified atom stereocenters. The van der Waals surface area contributed by atoms with E-state index in [0.717, 1.165) is 0 Å². The van der Waals surface area contributed by atoms with Gasteiger partial charge in [-0.05, 0) is 79.5 Å². The Labute approximate surface area is 280 Å². The van der Waals surface area contributed by atoms with Crippen molar-refractivity contribution in [2.24, 2.45) is 0 Å². The highest BCUT2D eigenvalue weighted by atomic mass is 15.0. The third-order valence-electron chi connectivity index (χ3n) is 10.8. The maximum atomic E-state index is 2.50. The van der Waals surface area contributed by atoms with Gasteiger partial charge in [0.05, 0.1) is 16.7 Å². The summed E-state index contributed by atoms with van der Waals surface area (Å²) < 4.78 is 2.50. The second-order valence-corrected chi connectivity index (χ2v) is 13.7. The summed E-state index contributed by atoms with van der Waals surface area (Å²) in [6.45, 7) is 4.71. The monoisotopic (exact) mass is 611 g/mol. The zero-order chi connectivity index (χ0) is 32.0. The van der Waals surface area contributed by atoms with Crippen molar-refractivity contribution < 1.29 is 0 Å². The molecule has 1 aliphatic rings. The fourth-order valence-electron chi connectivity index (χ4n) is 8.56. The second kappa shape index (κ2) is 10.0. The van der Waals surface area contributed by atoms with Crippen LogP contribution in [0.25, 0.3) is 82.4 Å². The standard InChI is InChI=1S/C47H33N/c1-47(2)41-21-11-8-16-33(41)39-29-32(25-27-42(39)47)45-36-19-6-7-20-37(36)46(38-26-24-31(28-40(38)45)30-14-4-3-5-15-30)48-43-22-12-9-17-34(43)35-18-10-13-23-44(35)48/h3-29H,1-2H3. The lowest BCUT2D eigenvalue weighted by Crippen LogP contribution is -2.14. The molecule has 1 nitrogen and oxygen atoms in total. The molecule has 0 saturated heterocycles. The zero-order valence-electron chi connectivity index (χ0n) is 27.0. The predicted molar refractivity (Wildman–Crippen MR) is 204 cm³/mol. The van der Waals surface area contributed by atoms with E-state index < -0.39 is 0 Å². The minimum absolute atomic E-state index is 0.0323. The van der Waals surface area contributed by atoms with Crippen LogP contribution in [-0.4, -0.2) is 4.57 Å². The lowest BCUT2D eigenvalue weighted by molar-refractivity contribution is 0.660. The van der Waals surface area contributed by atoms with Crippen molar-refractivity contribution in [2.75, 3.05) is 0 Å². The molecule has 1 heterocycles. The Morgan fingerprint density at radius 1 is 0.375 bits per heavy atom. The van der Waals surface area contributed by atoms with Gasteiger partial charge in [-0.2, -0.15) is 0 Å². The summed E-state index contributed by atoms with van der Waals surface area (Å²) in [5.74, 6) is 0. The molecular weight excluding hydrogens is 579 g/mol. The first kappa shape index (κ1) is 27.2. The first-order chi connectivity index (χ1) is 23.6. The van der Waals surface area contributed by atoms with Gasteiger partial charge < -0.3 is 4.57 Å². The van der Waals surface area contributed by atoms with Crippen LogP contribution in [0.1, 0.15) is 25.0 Å². The van der Waals surface area contributed by atoms with Crippen molar-refractivity contribution in [3.05, 3.63) is 175 Å². The van der Waals surface area contributed by atoms with E-state index >= 15 is 0 Å². The summed E-state index contributed by atoms with van der Waals surface area (Å²) in [6, 6.07) is 60.7. The molecule has 0 bridgehead atoms. The zero-order valence-corrected chi connectivity index (χ0v) is 27.0. The highest BCUT2D eigenvalue weighted by Gasteiger charge is 2.35. The number of para-hydroxylation sites is 2. The first-order valence-electron chi connectivity index (χ1n) is 16.9. The molecule has 8 aromatic carbocycles. The molecule has 0 radical (unpaired) electrons. The fraction of sp³-hybridized carbons (Fsp3) is 0.0638. The Morgan fingerprint density at radius 3 is 1.69 bits per heavy atom. The van der Waals surface area contributed by atoms with Gasteiger partial charge in [0.15, 0.2) is 0 Å². The minimum Gasteiger partial charge on any atom is -0.308 e. The molecule has 0 saturated carbocycles. The van der Waals surface area contributed by atoms with E-state index in [0.29, 0.717) is 0 Å². The van der Waals surface area contributed by atoms with Crippen molar-refractivity contribution in [3.8, 4) is 39.1 Å². The Kier molecular flexibility index (Phi) is 5.69. The van der Waals surface area contributed by atoms with Crippen LogP contribution in [0.15, 0.2) is 164 Å². The van der Waals surface area contributed by atoms with Crippen molar-refractivity contribution in [2.45, 2.75) is 19.3 Å². The Bertz CT molecular complexity index is 2690. The molecule has 0 fully saturated rings.